The first-order valence-electron chi connectivity index (χ1n) is 6.19. The number of sulfonamides is 1. The fourth-order valence-corrected chi connectivity index (χ4v) is 3.12. The van der Waals surface area contributed by atoms with Gasteiger partial charge in [-0.1, -0.05) is 0 Å². The van der Waals surface area contributed by atoms with Crippen LogP contribution >= 0.6 is 0 Å². The molecule has 20 heavy (non-hydrogen) atoms. The van der Waals surface area contributed by atoms with Crippen molar-refractivity contribution in [3.8, 4) is 0 Å². The Morgan fingerprint density at radius 2 is 2.30 bits per heavy atom. The molecule has 1 aliphatic rings. The van der Waals surface area contributed by atoms with Gasteiger partial charge in [-0.2, -0.15) is 0 Å². The van der Waals surface area contributed by atoms with Crippen LogP contribution in [-0.2, 0) is 10.0 Å². The number of anilines is 1. The molecule has 1 N–H and O–H groups in total. The summed E-state index contributed by atoms with van der Waals surface area (Å²) in [5.74, 6) is 0.179. The lowest BCUT2D eigenvalue weighted by Gasteiger charge is -2.31. The Labute approximate surface area is 117 Å². The van der Waals surface area contributed by atoms with E-state index in [-0.39, 0.29) is 17.5 Å². The monoisotopic (exact) mass is 300 g/mol. The maximum absolute atomic E-state index is 11.5. The van der Waals surface area contributed by atoms with Gasteiger partial charge < -0.3 is 5.32 Å². The summed E-state index contributed by atoms with van der Waals surface area (Å²) in [4.78, 5) is 14.4. The van der Waals surface area contributed by atoms with Gasteiger partial charge in [-0.05, 0) is 18.9 Å². The summed E-state index contributed by atoms with van der Waals surface area (Å²) in [6, 6.07) is 2.69. The molecule has 2 heterocycles. The van der Waals surface area contributed by atoms with Crippen molar-refractivity contribution < 1.29 is 13.3 Å². The SMILES string of the molecule is CS(=O)(=O)N1CCC[C@@H](Nc2ncccc2[N+](=O)[O-])C1. The quantitative estimate of drug-likeness (QED) is 0.652. The molecule has 0 aliphatic carbocycles. The number of nitrogens with one attached hydrogen (secondary N) is 1. The molecular weight excluding hydrogens is 284 g/mol. The van der Waals surface area contributed by atoms with E-state index >= 15 is 0 Å². The lowest BCUT2D eigenvalue weighted by Crippen LogP contribution is -2.44. The molecule has 1 aromatic rings. The highest BCUT2D eigenvalue weighted by molar-refractivity contribution is 7.88. The van der Waals surface area contributed by atoms with Crippen LogP contribution in [0, 0.1) is 10.1 Å². The lowest BCUT2D eigenvalue weighted by molar-refractivity contribution is -0.384. The zero-order chi connectivity index (χ0) is 14.8. The molecule has 1 fully saturated rings. The van der Waals surface area contributed by atoms with Gasteiger partial charge in [0, 0.05) is 31.4 Å². The number of nitro groups is 1. The van der Waals surface area contributed by atoms with E-state index in [9.17, 15) is 18.5 Å². The number of pyridine rings is 1. The molecule has 1 aromatic heterocycles. The molecule has 1 atom stereocenters. The normalized spacial score (nSPS) is 20.6. The molecule has 9 heteroatoms. The van der Waals surface area contributed by atoms with Crippen molar-refractivity contribution in [3.63, 3.8) is 0 Å². The van der Waals surface area contributed by atoms with E-state index in [1.165, 1.54) is 28.9 Å². The molecule has 0 amide bonds. The van der Waals surface area contributed by atoms with Gasteiger partial charge in [0.25, 0.3) is 0 Å². The summed E-state index contributed by atoms with van der Waals surface area (Å²) in [5.41, 5.74) is -0.107. The third kappa shape index (κ3) is 3.42. The minimum absolute atomic E-state index is 0.107. The summed E-state index contributed by atoms with van der Waals surface area (Å²) in [6.07, 6.45) is 4.09. The van der Waals surface area contributed by atoms with Gasteiger partial charge in [-0.15, -0.1) is 0 Å². The van der Waals surface area contributed by atoms with Crippen molar-refractivity contribution in [2.75, 3.05) is 24.7 Å². The molecule has 2 rings (SSSR count). The summed E-state index contributed by atoms with van der Waals surface area (Å²) in [7, 11) is -3.24. The Morgan fingerprint density at radius 3 is 2.95 bits per heavy atom. The van der Waals surface area contributed by atoms with Crippen LogP contribution in [0.3, 0.4) is 0 Å². The number of nitrogens with zero attached hydrogens (tertiary/aromatic N) is 3. The van der Waals surface area contributed by atoms with Gasteiger partial charge >= 0.3 is 5.69 Å². The van der Waals surface area contributed by atoms with Gasteiger partial charge in [0.15, 0.2) is 0 Å². The van der Waals surface area contributed by atoms with E-state index in [0.717, 1.165) is 6.42 Å². The fraction of sp³-hybridized carbons (Fsp3) is 0.545. The van der Waals surface area contributed by atoms with Crippen LogP contribution in [0.15, 0.2) is 18.3 Å². The number of hydrogen-bond acceptors (Lipinski definition) is 6. The first-order chi connectivity index (χ1) is 9.38. The first-order valence-corrected chi connectivity index (χ1v) is 8.04. The van der Waals surface area contributed by atoms with Crippen LogP contribution in [-0.4, -0.2) is 48.0 Å². The summed E-state index contributed by atoms with van der Waals surface area (Å²) in [5, 5.41) is 13.9. The Kier molecular flexibility index (Phi) is 4.19. The average molecular weight is 300 g/mol. The summed E-state index contributed by atoms with van der Waals surface area (Å²) in [6.45, 7) is 0.786. The highest BCUT2D eigenvalue weighted by atomic mass is 32.2. The van der Waals surface area contributed by atoms with Gasteiger partial charge in [-0.25, -0.2) is 17.7 Å². The average Bonchev–Trinajstić information content (AvgIpc) is 2.38. The van der Waals surface area contributed by atoms with Gasteiger partial charge in [-0.3, -0.25) is 10.1 Å². The summed E-state index contributed by atoms with van der Waals surface area (Å²) < 4.78 is 24.4. The van der Waals surface area contributed by atoms with Crippen LogP contribution in [0.2, 0.25) is 0 Å². The molecule has 0 spiro atoms. The third-order valence-electron chi connectivity index (χ3n) is 3.18. The van der Waals surface area contributed by atoms with Crippen molar-refractivity contribution in [3.05, 3.63) is 28.4 Å². The van der Waals surface area contributed by atoms with E-state index in [2.05, 4.69) is 10.3 Å². The molecule has 0 radical (unpaired) electrons. The van der Waals surface area contributed by atoms with E-state index in [1.807, 2.05) is 0 Å². The zero-order valence-corrected chi connectivity index (χ0v) is 11.8. The lowest BCUT2D eigenvalue weighted by atomic mass is 10.1. The zero-order valence-electron chi connectivity index (χ0n) is 11.0. The molecule has 0 unspecified atom stereocenters. The predicted octanol–water partition coefficient (Wildman–Crippen LogP) is 0.826. The first kappa shape index (κ1) is 14.7. The van der Waals surface area contributed by atoms with Crippen molar-refractivity contribution >= 4 is 21.5 Å². The Hall–Kier alpha value is -1.74. The van der Waals surface area contributed by atoms with Crippen LogP contribution in [0.25, 0.3) is 0 Å². The number of aromatic nitrogens is 1. The van der Waals surface area contributed by atoms with Crippen molar-refractivity contribution in [2.45, 2.75) is 18.9 Å². The molecule has 0 saturated carbocycles. The second kappa shape index (κ2) is 5.71. The van der Waals surface area contributed by atoms with Gasteiger partial charge in [0.05, 0.1) is 11.2 Å². The van der Waals surface area contributed by atoms with E-state index in [1.54, 1.807) is 0 Å². The molecular formula is C11H16N4O4S. The van der Waals surface area contributed by atoms with Crippen LogP contribution in [0.1, 0.15) is 12.8 Å². The second-order valence-electron chi connectivity index (χ2n) is 4.73. The highest BCUT2D eigenvalue weighted by Gasteiger charge is 2.27. The topological polar surface area (TPSA) is 105 Å². The maximum Gasteiger partial charge on any atom is 0.311 e. The van der Waals surface area contributed by atoms with Gasteiger partial charge in [0.2, 0.25) is 15.8 Å². The van der Waals surface area contributed by atoms with E-state index in [0.29, 0.717) is 19.5 Å². The Morgan fingerprint density at radius 1 is 1.55 bits per heavy atom. The number of rotatable bonds is 4. The smallest absolute Gasteiger partial charge is 0.311 e. The standard InChI is InChI=1S/C11H16N4O4S/c1-20(18,19)14-7-3-4-9(8-14)13-11-10(15(16)17)5-2-6-12-11/h2,5-6,9H,3-4,7-8H2,1H3,(H,12,13)/t9-/m1/s1. The molecule has 0 aromatic carbocycles. The minimum atomic E-state index is -3.24. The largest absolute Gasteiger partial charge is 0.360 e. The molecule has 110 valence electrons. The van der Waals surface area contributed by atoms with Crippen molar-refractivity contribution in [1.82, 2.24) is 9.29 Å². The van der Waals surface area contributed by atoms with Gasteiger partial charge in [0.1, 0.15) is 0 Å². The van der Waals surface area contributed by atoms with E-state index in [4.69, 9.17) is 0 Å². The molecule has 1 saturated heterocycles. The Bertz CT molecular complexity index is 604. The molecule has 0 bridgehead atoms. The van der Waals surface area contributed by atoms with Crippen molar-refractivity contribution in [1.29, 1.82) is 0 Å². The summed E-state index contributed by atoms with van der Waals surface area (Å²) >= 11 is 0. The predicted molar refractivity (Wildman–Crippen MR) is 74.0 cm³/mol. The van der Waals surface area contributed by atoms with Crippen LogP contribution in [0.4, 0.5) is 11.5 Å². The number of hydrogen-bond donors (Lipinski definition) is 1. The maximum atomic E-state index is 11.5. The van der Waals surface area contributed by atoms with E-state index < -0.39 is 14.9 Å². The van der Waals surface area contributed by atoms with Crippen LogP contribution < -0.4 is 5.32 Å². The van der Waals surface area contributed by atoms with Crippen LogP contribution in [0.5, 0.6) is 0 Å². The number of piperidine rings is 1. The molecule has 1 aliphatic heterocycles. The highest BCUT2D eigenvalue weighted by Crippen LogP contribution is 2.23. The van der Waals surface area contributed by atoms with Crippen molar-refractivity contribution in [2.24, 2.45) is 0 Å². The third-order valence-corrected chi connectivity index (χ3v) is 4.45. The Balaban J connectivity index is 2.12. The fourth-order valence-electron chi connectivity index (χ4n) is 2.21. The molecule has 8 nitrogen and oxygen atoms in total. The minimum Gasteiger partial charge on any atom is -0.360 e. The second-order valence-corrected chi connectivity index (χ2v) is 6.72.